The fourth-order valence-electron chi connectivity index (χ4n) is 1.16. The van der Waals surface area contributed by atoms with Crippen molar-refractivity contribution in [3.63, 3.8) is 0 Å². The van der Waals surface area contributed by atoms with Crippen LogP contribution in [0.5, 0.6) is 5.75 Å². The van der Waals surface area contributed by atoms with Crippen molar-refractivity contribution < 1.29 is 9.84 Å². The molecule has 1 aromatic rings. The van der Waals surface area contributed by atoms with Gasteiger partial charge in [0.2, 0.25) is 0 Å². The van der Waals surface area contributed by atoms with Crippen LogP contribution < -0.4 is 10.5 Å². The average molecular weight is 239 g/mol. The fourth-order valence-corrected chi connectivity index (χ4v) is 1.28. The summed E-state index contributed by atoms with van der Waals surface area (Å²) in [5, 5.41) is 9.52. The zero-order chi connectivity index (χ0) is 12.2. The van der Waals surface area contributed by atoms with Crippen LogP contribution >= 0.6 is 12.2 Å². The van der Waals surface area contributed by atoms with E-state index in [1.165, 1.54) is 0 Å². The van der Waals surface area contributed by atoms with E-state index in [1.54, 1.807) is 19.9 Å². The third-order valence-electron chi connectivity index (χ3n) is 2.10. The smallest absolute Gasteiger partial charge is 0.119 e. The predicted octanol–water partition coefficient (Wildman–Crippen LogP) is 1.86. The Balaban J connectivity index is 2.55. The zero-order valence-corrected chi connectivity index (χ0v) is 10.4. The predicted molar refractivity (Wildman–Crippen MR) is 68.7 cm³/mol. The first-order chi connectivity index (χ1) is 7.38. The molecule has 0 heterocycles. The van der Waals surface area contributed by atoms with Crippen LogP contribution in [-0.2, 0) is 0 Å². The average Bonchev–Trinajstić information content (AvgIpc) is 2.16. The van der Waals surface area contributed by atoms with Crippen molar-refractivity contribution in [2.24, 2.45) is 5.73 Å². The molecule has 3 nitrogen and oxygen atoms in total. The van der Waals surface area contributed by atoms with E-state index in [1.807, 2.05) is 18.2 Å². The van der Waals surface area contributed by atoms with Crippen LogP contribution in [-0.4, -0.2) is 22.3 Å². The van der Waals surface area contributed by atoms with Crippen molar-refractivity contribution in [1.82, 2.24) is 0 Å². The highest BCUT2D eigenvalue weighted by atomic mass is 32.1. The quantitative estimate of drug-likeness (QED) is 0.770. The van der Waals surface area contributed by atoms with E-state index >= 15 is 0 Å². The number of aliphatic hydroxyl groups is 1. The third kappa shape index (κ3) is 4.59. The first-order valence-corrected chi connectivity index (χ1v) is 5.54. The van der Waals surface area contributed by atoms with E-state index in [0.29, 0.717) is 18.0 Å². The molecular formula is C12H17NO2S. The Labute approximate surface area is 101 Å². The molecule has 3 N–H and O–H groups in total. The molecule has 0 amide bonds. The molecule has 0 radical (unpaired) electrons. The molecule has 1 aromatic carbocycles. The van der Waals surface area contributed by atoms with Gasteiger partial charge in [0.15, 0.2) is 0 Å². The molecule has 1 rings (SSSR count). The van der Waals surface area contributed by atoms with Crippen LogP contribution in [0.2, 0.25) is 0 Å². The van der Waals surface area contributed by atoms with Crippen molar-refractivity contribution in [3.8, 4) is 5.75 Å². The number of benzene rings is 1. The first-order valence-electron chi connectivity index (χ1n) is 5.13. The van der Waals surface area contributed by atoms with Crippen LogP contribution in [0.25, 0.3) is 0 Å². The number of hydrogen-bond acceptors (Lipinski definition) is 3. The summed E-state index contributed by atoms with van der Waals surface area (Å²) in [5.41, 5.74) is 5.60. The highest BCUT2D eigenvalue weighted by Crippen LogP contribution is 2.15. The lowest BCUT2D eigenvalue weighted by atomic mass is 10.1. The molecule has 4 heteroatoms. The number of rotatable bonds is 5. The second kappa shape index (κ2) is 5.27. The Kier molecular flexibility index (Phi) is 4.26. The van der Waals surface area contributed by atoms with Gasteiger partial charge in [0.05, 0.1) is 12.2 Å². The lowest BCUT2D eigenvalue weighted by Gasteiger charge is -2.17. The standard InChI is InChI=1S/C12H17NO2S/c1-12(2,14)6-7-15-10-5-3-4-9(8-10)11(13)16/h3-5,8,14H,6-7H2,1-2H3,(H2,13,16). The van der Waals surface area contributed by atoms with Crippen LogP contribution in [0.1, 0.15) is 25.8 Å². The summed E-state index contributed by atoms with van der Waals surface area (Å²) in [6.45, 7) is 3.97. The summed E-state index contributed by atoms with van der Waals surface area (Å²) in [6.07, 6.45) is 0.574. The maximum atomic E-state index is 9.52. The van der Waals surface area contributed by atoms with Crippen LogP contribution in [0, 0.1) is 0 Å². The van der Waals surface area contributed by atoms with E-state index in [9.17, 15) is 5.11 Å². The Hall–Kier alpha value is -1.13. The zero-order valence-electron chi connectivity index (χ0n) is 9.56. The van der Waals surface area contributed by atoms with Crippen molar-refractivity contribution >= 4 is 17.2 Å². The van der Waals surface area contributed by atoms with Crippen LogP contribution in [0.15, 0.2) is 24.3 Å². The van der Waals surface area contributed by atoms with Crippen molar-refractivity contribution in [1.29, 1.82) is 0 Å². The minimum atomic E-state index is -0.708. The maximum absolute atomic E-state index is 9.52. The lowest BCUT2D eigenvalue weighted by molar-refractivity contribution is 0.0553. The summed E-state index contributed by atoms with van der Waals surface area (Å²) < 4.78 is 5.50. The van der Waals surface area contributed by atoms with Gasteiger partial charge in [-0.25, -0.2) is 0 Å². The van der Waals surface area contributed by atoms with E-state index < -0.39 is 5.60 Å². The molecule has 0 bridgehead atoms. The van der Waals surface area contributed by atoms with Gasteiger partial charge in [-0.15, -0.1) is 0 Å². The molecule has 0 spiro atoms. The number of nitrogens with two attached hydrogens (primary N) is 1. The molecule has 0 unspecified atom stereocenters. The normalized spacial score (nSPS) is 11.2. The highest BCUT2D eigenvalue weighted by molar-refractivity contribution is 7.80. The summed E-state index contributed by atoms with van der Waals surface area (Å²) in [6, 6.07) is 7.32. The van der Waals surface area contributed by atoms with Crippen LogP contribution in [0.4, 0.5) is 0 Å². The molecular weight excluding hydrogens is 222 g/mol. The van der Waals surface area contributed by atoms with Gasteiger partial charge in [0.1, 0.15) is 10.7 Å². The van der Waals surface area contributed by atoms with E-state index in [4.69, 9.17) is 22.7 Å². The first kappa shape index (κ1) is 12.9. The Morgan fingerprint density at radius 1 is 1.50 bits per heavy atom. The second-order valence-corrected chi connectivity index (χ2v) is 4.74. The van der Waals surface area contributed by atoms with E-state index in [0.717, 1.165) is 11.3 Å². The molecule has 0 saturated carbocycles. The molecule has 0 aliphatic heterocycles. The molecule has 88 valence electrons. The van der Waals surface area contributed by atoms with Crippen molar-refractivity contribution in [2.45, 2.75) is 25.9 Å². The summed E-state index contributed by atoms with van der Waals surface area (Å²) in [5.74, 6) is 0.717. The second-order valence-electron chi connectivity index (χ2n) is 4.30. The molecule has 0 aromatic heterocycles. The molecule has 0 aliphatic rings. The monoisotopic (exact) mass is 239 g/mol. The maximum Gasteiger partial charge on any atom is 0.119 e. The Bertz CT molecular complexity index is 372. The summed E-state index contributed by atoms with van der Waals surface area (Å²) >= 11 is 4.88. The largest absolute Gasteiger partial charge is 0.493 e. The lowest BCUT2D eigenvalue weighted by Crippen LogP contribution is -2.21. The molecule has 0 saturated heterocycles. The van der Waals surface area contributed by atoms with Gasteiger partial charge in [-0.2, -0.15) is 0 Å². The Morgan fingerprint density at radius 3 is 2.75 bits per heavy atom. The Morgan fingerprint density at radius 2 is 2.19 bits per heavy atom. The number of hydrogen-bond donors (Lipinski definition) is 2. The SMILES string of the molecule is CC(C)(O)CCOc1cccc(C(N)=S)c1. The fraction of sp³-hybridized carbons (Fsp3) is 0.417. The van der Waals surface area contributed by atoms with Gasteiger partial charge in [0, 0.05) is 12.0 Å². The van der Waals surface area contributed by atoms with Gasteiger partial charge in [0.25, 0.3) is 0 Å². The van der Waals surface area contributed by atoms with E-state index in [-0.39, 0.29) is 0 Å². The van der Waals surface area contributed by atoms with Crippen molar-refractivity contribution in [3.05, 3.63) is 29.8 Å². The third-order valence-corrected chi connectivity index (χ3v) is 2.34. The topological polar surface area (TPSA) is 55.5 Å². The molecule has 16 heavy (non-hydrogen) atoms. The minimum Gasteiger partial charge on any atom is -0.493 e. The van der Waals surface area contributed by atoms with Gasteiger partial charge in [-0.1, -0.05) is 24.4 Å². The van der Waals surface area contributed by atoms with Gasteiger partial charge in [-0.05, 0) is 26.0 Å². The van der Waals surface area contributed by atoms with Crippen molar-refractivity contribution in [2.75, 3.05) is 6.61 Å². The summed E-state index contributed by atoms with van der Waals surface area (Å²) in [7, 11) is 0. The van der Waals surface area contributed by atoms with Gasteiger partial charge < -0.3 is 15.6 Å². The summed E-state index contributed by atoms with van der Waals surface area (Å²) in [4.78, 5) is 0.355. The molecule has 0 aliphatic carbocycles. The van der Waals surface area contributed by atoms with Gasteiger partial charge >= 0.3 is 0 Å². The molecule has 0 fully saturated rings. The minimum absolute atomic E-state index is 0.355. The van der Waals surface area contributed by atoms with E-state index in [2.05, 4.69) is 0 Å². The van der Waals surface area contributed by atoms with Crippen LogP contribution in [0.3, 0.4) is 0 Å². The highest BCUT2D eigenvalue weighted by Gasteiger charge is 2.12. The van der Waals surface area contributed by atoms with Gasteiger partial charge in [-0.3, -0.25) is 0 Å². The number of thiocarbonyl (C=S) groups is 1. The molecule has 0 atom stereocenters. The number of ether oxygens (including phenoxy) is 1.